The Morgan fingerprint density at radius 3 is 3.05 bits per heavy atom. The van der Waals surface area contributed by atoms with Crippen molar-refractivity contribution in [1.29, 1.82) is 0 Å². The van der Waals surface area contributed by atoms with E-state index in [1.807, 2.05) is 19.1 Å². The van der Waals surface area contributed by atoms with Crippen LogP contribution in [0.4, 0.5) is 0 Å². The lowest BCUT2D eigenvalue weighted by Gasteiger charge is -2.04. The van der Waals surface area contributed by atoms with Crippen LogP contribution in [0.2, 0.25) is 0 Å². The molecule has 0 spiro atoms. The summed E-state index contributed by atoms with van der Waals surface area (Å²) in [4.78, 5) is 11.2. The molecule has 2 rings (SSSR count). The van der Waals surface area contributed by atoms with Gasteiger partial charge in [-0.05, 0) is 26.0 Å². The van der Waals surface area contributed by atoms with Crippen molar-refractivity contribution in [3.8, 4) is 11.5 Å². The Morgan fingerprint density at radius 1 is 1.53 bits per heavy atom. The van der Waals surface area contributed by atoms with E-state index in [1.54, 1.807) is 13.1 Å². The van der Waals surface area contributed by atoms with E-state index in [0.717, 1.165) is 22.8 Å². The number of hydrogen-bond donors (Lipinski definition) is 2. The van der Waals surface area contributed by atoms with Crippen molar-refractivity contribution in [1.82, 2.24) is 15.5 Å². The van der Waals surface area contributed by atoms with Crippen LogP contribution in [0.25, 0.3) is 11.5 Å². The molecule has 0 aromatic carbocycles. The summed E-state index contributed by atoms with van der Waals surface area (Å²) in [5, 5.41) is 9.91. The molecule has 2 aromatic rings. The van der Waals surface area contributed by atoms with Gasteiger partial charge in [0.15, 0.2) is 5.76 Å². The summed E-state index contributed by atoms with van der Waals surface area (Å²) >= 11 is 0. The highest BCUT2D eigenvalue weighted by atomic mass is 16.5. The number of carbonyl (C=O) groups excluding carboxylic acids is 1. The number of nitrogens with one attached hydrogen (secondary N) is 2. The molecule has 102 valence electrons. The summed E-state index contributed by atoms with van der Waals surface area (Å²) < 4.78 is 10.4. The summed E-state index contributed by atoms with van der Waals surface area (Å²) in [6.07, 6.45) is 1.71. The molecule has 6 nitrogen and oxygen atoms in total. The number of rotatable bonds is 6. The largest absolute Gasteiger partial charge is 0.465 e. The zero-order chi connectivity index (χ0) is 13.7. The molecule has 0 aliphatic carbocycles. The predicted molar refractivity (Wildman–Crippen MR) is 69.4 cm³/mol. The van der Waals surface area contributed by atoms with Crippen molar-refractivity contribution in [2.45, 2.75) is 20.4 Å². The normalized spacial score (nSPS) is 10.6. The summed E-state index contributed by atoms with van der Waals surface area (Å²) in [7, 11) is 0. The van der Waals surface area contributed by atoms with Crippen LogP contribution in [0.1, 0.15) is 18.2 Å². The molecule has 0 fully saturated rings. The SMILES string of the molecule is CCOC(=O)CNCc1cn[nH]c1-c1ccc(C)o1. The van der Waals surface area contributed by atoms with E-state index in [-0.39, 0.29) is 12.5 Å². The average molecular weight is 263 g/mol. The second-order valence-corrected chi connectivity index (χ2v) is 4.09. The maximum atomic E-state index is 11.2. The van der Waals surface area contributed by atoms with E-state index in [0.29, 0.717) is 13.2 Å². The summed E-state index contributed by atoms with van der Waals surface area (Å²) in [6.45, 7) is 4.76. The van der Waals surface area contributed by atoms with Gasteiger partial charge in [0, 0.05) is 12.1 Å². The third-order valence-corrected chi connectivity index (χ3v) is 2.59. The van der Waals surface area contributed by atoms with Crippen LogP contribution in [0, 0.1) is 6.92 Å². The fourth-order valence-electron chi connectivity index (χ4n) is 1.74. The van der Waals surface area contributed by atoms with Crippen molar-refractivity contribution in [2.75, 3.05) is 13.2 Å². The van der Waals surface area contributed by atoms with Crippen LogP contribution in [0.15, 0.2) is 22.7 Å². The first-order valence-electron chi connectivity index (χ1n) is 6.16. The van der Waals surface area contributed by atoms with Crippen molar-refractivity contribution in [3.63, 3.8) is 0 Å². The molecule has 0 aliphatic heterocycles. The van der Waals surface area contributed by atoms with Gasteiger partial charge in [0.25, 0.3) is 0 Å². The number of H-pyrrole nitrogens is 1. The average Bonchev–Trinajstić information content (AvgIpc) is 2.98. The van der Waals surface area contributed by atoms with Gasteiger partial charge in [-0.2, -0.15) is 5.10 Å². The highest BCUT2D eigenvalue weighted by molar-refractivity contribution is 5.71. The molecule has 6 heteroatoms. The third kappa shape index (κ3) is 3.45. The van der Waals surface area contributed by atoms with Crippen LogP contribution in [-0.4, -0.2) is 29.3 Å². The minimum Gasteiger partial charge on any atom is -0.465 e. The zero-order valence-corrected chi connectivity index (χ0v) is 11.0. The van der Waals surface area contributed by atoms with E-state index in [4.69, 9.17) is 9.15 Å². The van der Waals surface area contributed by atoms with Crippen molar-refractivity contribution in [2.24, 2.45) is 0 Å². The fraction of sp³-hybridized carbons (Fsp3) is 0.385. The highest BCUT2D eigenvalue weighted by Crippen LogP contribution is 2.22. The predicted octanol–water partition coefficient (Wildman–Crippen LogP) is 1.63. The van der Waals surface area contributed by atoms with Crippen LogP contribution in [-0.2, 0) is 16.1 Å². The first-order chi connectivity index (χ1) is 9.20. The molecule has 0 saturated carbocycles. The minimum absolute atomic E-state index is 0.176. The van der Waals surface area contributed by atoms with E-state index < -0.39 is 0 Å². The zero-order valence-electron chi connectivity index (χ0n) is 11.0. The lowest BCUT2D eigenvalue weighted by molar-refractivity contribution is -0.142. The van der Waals surface area contributed by atoms with E-state index >= 15 is 0 Å². The Morgan fingerprint density at radius 2 is 2.37 bits per heavy atom. The number of nitrogens with zero attached hydrogens (tertiary/aromatic N) is 1. The number of esters is 1. The fourth-order valence-corrected chi connectivity index (χ4v) is 1.74. The van der Waals surface area contributed by atoms with Gasteiger partial charge >= 0.3 is 5.97 Å². The molecule has 2 heterocycles. The molecule has 19 heavy (non-hydrogen) atoms. The first kappa shape index (κ1) is 13.4. The lowest BCUT2D eigenvalue weighted by atomic mass is 10.2. The van der Waals surface area contributed by atoms with Gasteiger partial charge in [-0.15, -0.1) is 0 Å². The standard InChI is InChI=1S/C13H17N3O3/c1-3-18-12(17)8-14-6-10-7-15-16-13(10)11-5-4-9(2)19-11/h4-5,7,14H,3,6,8H2,1-2H3,(H,15,16). The molecular weight excluding hydrogens is 246 g/mol. The molecule has 0 radical (unpaired) electrons. The molecule has 0 saturated heterocycles. The van der Waals surface area contributed by atoms with Crippen LogP contribution < -0.4 is 5.32 Å². The Bertz CT molecular complexity index is 545. The number of ether oxygens (including phenoxy) is 1. The number of aromatic amines is 1. The maximum Gasteiger partial charge on any atom is 0.319 e. The van der Waals surface area contributed by atoms with Gasteiger partial charge in [0.05, 0.1) is 19.3 Å². The Hall–Kier alpha value is -2.08. The van der Waals surface area contributed by atoms with E-state index in [9.17, 15) is 4.79 Å². The molecule has 2 N–H and O–H groups in total. The molecule has 0 amide bonds. The van der Waals surface area contributed by atoms with Gasteiger partial charge in [-0.3, -0.25) is 9.89 Å². The van der Waals surface area contributed by atoms with Crippen LogP contribution in [0.3, 0.4) is 0 Å². The van der Waals surface area contributed by atoms with Gasteiger partial charge < -0.3 is 14.5 Å². The molecule has 0 unspecified atom stereocenters. The summed E-state index contributed by atoms with van der Waals surface area (Å²) in [5.41, 5.74) is 1.77. The topological polar surface area (TPSA) is 80.1 Å². The maximum absolute atomic E-state index is 11.2. The van der Waals surface area contributed by atoms with Gasteiger partial charge in [-0.1, -0.05) is 0 Å². The van der Waals surface area contributed by atoms with Crippen LogP contribution >= 0.6 is 0 Å². The monoisotopic (exact) mass is 263 g/mol. The summed E-state index contributed by atoms with van der Waals surface area (Å²) in [6, 6.07) is 3.78. The van der Waals surface area contributed by atoms with Gasteiger partial charge in [-0.25, -0.2) is 0 Å². The number of furan rings is 1. The minimum atomic E-state index is -0.263. The van der Waals surface area contributed by atoms with Crippen molar-refractivity contribution in [3.05, 3.63) is 29.7 Å². The quantitative estimate of drug-likeness (QED) is 0.774. The number of carbonyl (C=O) groups is 1. The Balaban J connectivity index is 1.95. The van der Waals surface area contributed by atoms with E-state index in [2.05, 4.69) is 15.5 Å². The second kappa shape index (κ2) is 6.19. The smallest absolute Gasteiger partial charge is 0.319 e. The number of aromatic nitrogens is 2. The highest BCUT2D eigenvalue weighted by Gasteiger charge is 2.11. The molecule has 2 aromatic heterocycles. The Labute approximate surface area is 111 Å². The number of hydrogen-bond acceptors (Lipinski definition) is 5. The molecule has 0 atom stereocenters. The molecule has 0 aliphatic rings. The van der Waals surface area contributed by atoms with Gasteiger partial charge in [0.2, 0.25) is 0 Å². The molecular formula is C13H17N3O3. The van der Waals surface area contributed by atoms with Crippen molar-refractivity contribution >= 4 is 5.97 Å². The van der Waals surface area contributed by atoms with Crippen molar-refractivity contribution < 1.29 is 13.9 Å². The van der Waals surface area contributed by atoms with E-state index in [1.165, 1.54) is 0 Å². The Kier molecular flexibility index (Phi) is 4.35. The lowest BCUT2D eigenvalue weighted by Crippen LogP contribution is -2.24. The second-order valence-electron chi connectivity index (χ2n) is 4.09. The van der Waals surface area contributed by atoms with Gasteiger partial charge in [0.1, 0.15) is 11.5 Å². The first-order valence-corrected chi connectivity index (χ1v) is 6.16. The summed E-state index contributed by atoms with van der Waals surface area (Å²) in [5.74, 6) is 1.32. The van der Waals surface area contributed by atoms with Crippen LogP contribution in [0.5, 0.6) is 0 Å². The molecule has 0 bridgehead atoms. The number of aryl methyl sites for hydroxylation is 1. The third-order valence-electron chi connectivity index (χ3n) is 2.59.